The number of aliphatic hydroxyl groups excluding tert-OH is 2. The molecule has 1 saturated heterocycles. The number of ketones is 3. The van der Waals surface area contributed by atoms with Crippen LogP contribution in [0.2, 0.25) is 0 Å². The monoisotopic (exact) mass is 513 g/mol. The van der Waals surface area contributed by atoms with Crippen LogP contribution >= 0.6 is 0 Å². The van der Waals surface area contributed by atoms with Gasteiger partial charge in [0, 0.05) is 35.3 Å². The van der Waals surface area contributed by atoms with Gasteiger partial charge in [0.1, 0.15) is 23.9 Å². The summed E-state index contributed by atoms with van der Waals surface area (Å²) in [5, 5.41) is 39.9. The molecular formula is C27H31NO9. The Hall–Kier alpha value is -3.31. The molecular weight excluding hydrogens is 482 g/mol. The largest absolute Gasteiger partial charge is 0.507 e. The zero-order chi connectivity index (χ0) is 27.0. The summed E-state index contributed by atoms with van der Waals surface area (Å²) in [5.41, 5.74) is 5.84. The van der Waals surface area contributed by atoms with Crippen molar-refractivity contribution >= 4 is 17.3 Å². The number of aromatic hydroxyl groups is 2. The van der Waals surface area contributed by atoms with Gasteiger partial charge in [0.05, 0.1) is 36.0 Å². The quantitative estimate of drug-likeness (QED) is 0.318. The summed E-state index contributed by atoms with van der Waals surface area (Å²) in [7, 11) is 1.38. The first-order valence-corrected chi connectivity index (χ1v) is 12.2. The van der Waals surface area contributed by atoms with Gasteiger partial charge in [-0.3, -0.25) is 14.4 Å². The topological polar surface area (TPSA) is 177 Å². The maximum absolute atomic E-state index is 13.1. The number of phenols is 2. The van der Waals surface area contributed by atoms with E-state index in [-0.39, 0.29) is 75.8 Å². The van der Waals surface area contributed by atoms with Gasteiger partial charge in [0.25, 0.3) is 0 Å². The predicted octanol–water partition coefficient (Wildman–Crippen LogP) is 1.03. The summed E-state index contributed by atoms with van der Waals surface area (Å²) in [5.74, 6) is -2.56. The molecule has 1 fully saturated rings. The first kappa shape index (κ1) is 26.7. The molecule has 2 aromatic rings. The van der Waals surface area contributed by atoms with Gasteiger partial charge in [-0.2, -0.15) is 0 Å². The third kappa shape index (κ3) is 4.61. The minimum absolute atomic E-state index is 0.0568. The number of carbonyl (C=O) groups is 3. The molecule has 37 heavy (non-hydrogen) atoms. The molecule has 10 nitrogen and oxygen atoms in total. The molecule has 2 aliphatic carbocycles. The molecule has 0 aromatic heterocycles. The number of aliphatic hydroxyl groups is 2. The molecule has 0 unspecified atom stereocenters. The van der Waals surface area contributed by atoms with E-state index < -0.39 is 30.2 Å². The smallest absolute Gasteiger partial charge is 0.202 e. The van der Waals surface area contributed by atoms with Gasteiger partial charge in [-0.05, 0) is 38.7 Å². The Morgan fingerprint density at radius 1 is 1.08 bits per heavy atom. The number of fused-ring (bicyclic) bond motifs is 3. The minimum atomic E-state index is -0.609. The molecule has 4 atom stereocenters. The van der Waals surface area contributed by atoms with Crippen LogP contribution in [0, 0.1) is 5.92 Å². The molecule has 0 amide bonds. The third-order valence-electron chi connectivity index (χ3n) is 7.39. The van der Waals surface area contributed by atoms with E-state index >= 15 is 0 Å². The summed E-state index contributed by atoms with van der Waals surface area (Å²) in [4.78, 5) is 38.1. The molecule has 0 saturated carbocycles. The summed E-state index contributed by atoms with van der Waals surface area (Å²) in [6, 6.07) is 4.50. The number of rotatable bonds is 3. The maximum Gasteiger partial charge on any atom is 0.202 e. The van der Waals surface area contributed by atoms with Crippen molar-refractivity contribution in [3.63, 3.8) is 0 Å². The van der Waals surface area contributed by atoms with Crippen LogP contribution in [-0.4, -0.2) is 76.3 Å². The van der Waals surface area contributed by atoms with Gasteiger partial charge in [0.15, 0.2) is 11.6 Å². The average molecular weight is 514 g/mol. The van der Waals surface area contributed by atoms with Gasteiger partial charge in [-0.1, -0.05) is 12.1 Å². The zero-order valence-electron chi connectivity index (χ0n) is 20.7. The van der Waals surface area contributed by atoms with E-state index in [0.717, 1.165) is 6.42 Å². The first-order valence-electron chi connectivity index (χ1n) is 12.2. The lowest BCUT2D eigenvalue weighted by molar-refractivity contribution is -0.126. The number of hydrogen-bond donors (Lipinski definition) is 5. The van der Waals surface area contributed by atoms with E-state index in [1.54, 1.807) is 12.1 Å². The fraction of sp³-hybridized carbons (Fsp3) is 0.444. The Bertz CT molecular complexity index is 1250. The van der Waals surface area contributed by atoms with Crippen LogP contribution < -0.4 is 10.5 Å². The fourth-order valence-corrected chi connectivity index (χ4v) is 5.22. The summed E-state index contributed by atoms with van der Waals surface area (Å²) >= 11 is 0. The van der Waals surface area contributed by atoms with Crippen LogP contribution in [0.15, 0.2) is 18.2 Å². The molecule has 1 heterocycles. The lowest BCUT2D eigenvalue weighted by Gasteiger charge is -2.30. The molecule has 10 heteroatoms. The number of Topliss-reactive ketones (excluding diaryl/α,β-unsaturated/α-hetero) is 1. The second kappa shape index (κ2) is 10.6. The lowest BCUT2D eigenvalue weighted by atomic mass is 9.75. The van der Waals surface area contributed by atoms with Gasteiger partial charge in [-0.25, -0.2) is 0 Å². The second-order valence-corrected chi connectivity index (χ2v) is 9.53. The van der Waals surface area contributed by atoms with Crippen molar-refractivity contribution < 1.29 is 44.3 Å². The molecule has 5 rings (SSSR count). The Kier molecular flexibility index (Phi) is 7.65. The summed E-state index contributed by atoms with van der Waals surface area (Å²) in [6.45, 7) is 1.91. The van der Waals surface area contributed by atoms with Crippen LogP contribution in [0.1, 0.15) is 62.7 Å². The highest BCUT2D eigenvalue weighted by Gasteiger charge is 2.41. The summed E-state index contributed by atoms with van der Waals surface area (Å²) < 4.78 is 10.3. The van der Waals surface area contributed by atoms with E-state index in [1.165, 1.54) is 13.2 Å². The zero-order valence-corrected chi connectivity index (χ0v) is 20.7. The molecule has 6 N–H and O–H groups in total. The van der Waals surface area contributed by atoms with E-state index in [2.05, 4.69) is 0 Å². The Labute approximate surface area is 213 Å². The molecule has 0 bridgehead atoms. The predicted molar refractivity (Wildman–Crippen MR) is 131 cm³/mol. The molecule has 1 aliphatic heterocycles. The van der Waals surface area contributed by atoms with Crippen LogP contribution in [0.3, 0.4) is 0 Å². The van der Waals surface area contributed by atoms with Crippen LogP contribution in [0.5, 0.6) is 17.2 Å². The van der Waals surface area contributed by atoms with Gasteiger partial charge < -0.3 is 35.6 Å². The van der Waals surface area contributed by atoms with Crippen molar-refractivity contribution in [1.82, 2.24) is 0 Å². The Balaban J connectivity index is 0.000000301. The molecule has 3 aliphatic rings. The fourth-order valence-electron chi connectivity index (χ4n) is 5.22. The van der Waals surface area contributed by atoms with E-state index in [0.29, 0.717) is 18.6 Å². The van der Waals surface area contributed by atoms with Crippen molar-refractivity contribution in [2.24, 2.45) is 11.7 Å². The SMILES string of the molecule is COc1cccc2c1C(=O)c1c(O)c3c(c(O)c1C2=O)C[C@@H](C(=O)CO)CC3.C[C@@H]1OCC[C@H](N)[C@@H]1O. The van der Waals surface area contributed by atoms with Crippen molar-refractivity contribution in [3.05, 3.63) is 51.6 Å². The van der Waals surface area contributed by atoms with Crippen LogP contribution in [0.4, 0.5) is 0 Å². The lowest BCUT2D eigenvalue weighted by Crippen LogP contribution is -2.47. The van der Waals surface area contributed by atoms with Gasteiger partial charge >= 0.3 is 0 Å². The number of ether oxygens (including phenoxy) is 2. The van der Waals surface area contributed by atoms with Crippen molar-refractivity contribution in [1.29, 1.82) is 0 Å². The van der Waals surface area contributed by atoms with Gasteiger partial charge in [0.2, 0.25) is 5.78 Å². The number of hydrogen-bond acceptors (Lipinski definition) is 10. The number of carbonyl (C=O) groups excluding carboxylic acids is 3. The van der Waals surface area contributed by atoms with E-state index in [4.69, 9.17) is 20.3 Å². The van der Waals surface area contributed by atoms with E-state index in [1.807, 2.05) is 6.92 Å². The number of nitrogens with two attached hydrogens (primary N) is 1. The summed E-state index contributed by atoms with van der Waals surface area (Å²) in [6.07, 6.45) is 0.922. The highest BCUT2D eigenvalue weighted by atomic mass is 16.5. The normalized spacial score (nSPS) is 24.2. The molecule has 0 radical (unpaired) electrons. The molecule has 198 valence electrons. The maximum atomic E-state index is 13.1. The molecule has 2 aromatic carbocycles. The van der Waals surface area contributed by atoms with Gasteiger partial charge in [-0.15, -0.1) is 0 Å². The number of phenolic OH excluding ortho intramolecular Hbond substituents is 2. The second-order valence-electron chi connectivity index (χ2n) is 9.53. The highest BCUT2D eigenvalue weighted by molar-refractivity contribution is 6.31. The minimum Gasteiger partial charge on any atom is -0.507 e. The first-order chi connectivity index (χ1) is 17.6. The van der Waals surface area contributed by atoms with Crippen molar-refractivity contribution in [3.8, 4) is 17.2 Å². The third-order valence-corrected chi connectivity index (χ3v) is 7.39. The van der Waals surface area contributed by atoms with Crippen molar-refractivity contribution in [2.75, 3.05) is 20.3 Å². The number of methoxy groups -OCH3 is 1. The van der Waals surface area contributed by atoms with E-state index in [9.17, 15) is 29.7 Å². The number of benzene rings is 2. The van der Waals surface area contributed by atoms with Crippen molar-refractivity contribution in [2.45, 2.75) is 50.9 Å². The molecule has 0 spiro atoms. The Morgan fingerprint density at radius 2 is 1.76 bits per heavy atom. The Morgan fingerprint density at radius 3 is 2.38 bits per heavy atom. The van der Waals surface area contributed by atoms with Crippen LogP contribution in [-0.2, 0) is 22.4 Å². The average Bonchev–Trinajstić information content (AvgIpc) is 2.91. The standard InChI is InChI=1S/C21H18O7.C6H13NO2/c1-28-14-4-2-3-11-15(14)21(27)17-16(19(11)25)20(26)12-7-9(13(23)8-22)5-6-10(12)18(17)24;1-4-6(8)5(7)2-3-9-4/h2-4,9,22,24,26H,5-8H2,1H3;4-6,8H,2-3,7H2,1H3/t9-;4-,5-,6+/m00/s1. The highest BCUT2D eigenvalue weighted by Crippen LogP contribution is 2.47. The van der Waals surface area contributed by atoms with Crippen LogP contribution in [0.25, 0.3) is 0 Å².